The predicted octanol–water partition coefficient (Wildman–Crippen LogP) is 2.87. The lowest BCUT2D eigenvalue weighted by Gasteiger charge is -2.14. The molecule has 3 nitrogen and oxygen atoms in total. The second-order valence-electron chi connectivity index (χ2n) is 4.04. The number of hydrogen-bond acceptors (Lipinski definition) is 3. The molecule has 0 amide bonds. The van der Waals surface area contributed by atoms with Crippen LogP contribution >= 0.6 is 11.6 Å². The SMILES string of the molecule is CCC1(CNc2nc(F)ncc2Cl)CC1. The van der Waals surface area contributed by atoms with Gasteiger partial charge in [0.15, 0.2) is 5.82 Å². The van der Waals surface area contributed by atoms with Gasteiger partial charge in [-0.25, -0.2) is 4.98 Å². The highest BCUT2D eigenvalue weighted by Crippen LogP contribution is 2.48. The molecule has 1 aromatic rings. The van der Waals surface area contributed by atoms with Crippen LogP contribution in [-0.2, 0) is 0 Å². The van der Waals surface area contributed by atoms with Crippen LogP contribution in [0.3, 0.4) is 0 Å². The molecule has 15 heavy (non-hydrogen) atoms. The van der Waals surface area contributed by atoms with Crippen molar-refractivity contribution >= 4 is 17.4 Å². The molecule has 1 saturated carbocycles. The van der Waals surface area contributed by atoms with E-state index in [0.717, 1.165) is 13.0 Å². The van der Waals surface area contributed by atoms with Gasteiger partial charge in [-0.2, -0.15) is 9.37 Å². The highest BCUT2D eigenvalue weighted by atomic mass is 35.5. The summed E-state index contributed by atoms with van der Waals surface area (Å²) in [6.45, 7) is 2.97. The standard InChI is InChI=1S/C10H13ClFN3/c1-2-10(3-4-10)6-14-8-7(11)5-13-9(12)15-8/h5H,2-4,6H2,1H3,(H,13,14,15). The zero-order valence-corrected chi connectivity index (χ0v) is 9.31. The molecule has 1 fully saturated rings. The molecule has 5 heteroatoms. The monoisotopic (exact) mass is 229 g/mol. The van der Waals surface area contributed by atoms with Crippen molar-refractivity contribution in [3.05, 3.63) is 17.3 Å². The quantitative estimate of drug-likeness (QED) is 0.807. The number of hydrogen-bond donors (Lipinski definition) is 1. The molecular formula is C10H13ClFN3. The van der Waals surface area contributed by atoms with Crippen molar-refractivity contribution in [3.8, 4) is 0 Å². The van der Waals surface area contributed by atoms with Crippen LogP contribution in [0.2, 0.25) is 5.02 Å². The Balaban J connectivity index is 2.01. The molecule has 0 aliphatic heterocycles. The molecule has 1 N–H and O–H groups in total. The topological polar surface area (TPSA) is 37.8 Å². The Hall–Kier alpha value is -0.900. The van der Waals surface area contributed by atoms with Gasteiger partial charge in [0.2, 0.25) is 0 Å². The third-order valence-electron chi connectivity index (χ3n) is 3.05. The summed E-state index contributed by atoms with van der Waals surface area (Å²) in [5, 5.41) is 3.45. The van der Waals surface area contributed by atoms with Crippen molar-refractivity contribution in [2.45, 2.75) is 26.2 Å². The molecule has 1 aliphatic carbocycles. The molecule has 0 aromatic carbocycles. The van der Waals surface area contributed by atoms with Crippen molar-refractivity contribution in [1.82, 2.24) is 9.97 Å². The number of nitrogens with one attached hydrogen (secondary N) is 1. The predicted molar refractivity (Wildman–Crippen MR) is 57.4 cm³/mol. The fourth-order valence-corrected chi connectivity index (χ4v) is 1.73. The van der Waals surface area contributed by atoms with E-state index in [1.165, 1.54) is 19.0 Å². The van der Waals surface area contributed by atoms with Crippen LogP contribution in [-0.4, -0.2) is 16.5 Å². The van der Waals surface area contributed by atoms with Crippen LogP contribution in [0.15, 0.2) is 6.20 Å². The summed E-state index contributed by atoms with van der Waals surface area (Å²) in [6, 6.07) is 0. The zero-order chi connectivity index (χ0) is 10.9. The van der Waals surface area contributed by atoms with Gasteiger partial charge in [-0.3, -0.25) is 0 Å². The Morgan fingerprint density at radius 2 is 2.33 bits per heavy atom. The number of anilines is 1. The van der Waals surface area contributed by atoms with E-state index in [1.807, 2.05) is 0 Å². The summed E-state index contributed by atoms with van der Waals surface area (Å²) >= 11 is 5.83. The number of aromatic nitrogens is 2. The highest BCUT2D eigenvalue weighted by Gasteiger charge is 2.40. The Labute approximate surface area is 93.1 Å². The van der Waals surface area contributed by atoms with Crippen LogP contribution in [0.4, 0.5) is 10.2 Å². The van der Waals surface area contributed by atoms with Crippen molar-refractivity contribution in [1.29, 1.82) is 0 Å². The van der Waals surface area contributed by atoms with Gasteiger partial charge < -0.3 is 5.32 Å². The van der Waals surface area contributed by atoms with E-state index < -0.39 is 6.08 Å². The van der Waals surface area contributed by atoms with Gasteiger partial charge >= 0.3 is 6.08 Å². The molecular weight excluding hydrogens is 217 g/mol. The van der Waals surface area contributed by atoms with Crippen LogP contribution in [0.5, 0.6) is 0 Å². The lowest BCUT2D eigenvalue weighted by atomic mass is 10.0. The first-order valence-corrected chi connectivity index (χ1v) is 5.45. The first-order chi connectivity index (χ1) is 7.15. The smallest absolute Gasteiger partial charge is 0.310 e. The van der Waals surface area contributed by atoms with Crippen molar-refractivity contribution < 1.29 is 4.39 Å². The summed E-state index contributed by atoms with van der Waals surface area (Å²) < 4.78 is 12.7. The van der Waals surface area contributed by atoms with Gasteiger partial charge in [0.1, 0.15) is 5.02 Å². The first-order valence-electron chi connectivity index (χ1n) is 5.07. The number of nitrogens with zero attached hydrogens (tertiary/aromatic N) is 2. The van der Waals surface area contributed by atoms with Crippen LogP contribution in [0, 0.1) is 11.5 Å². The number of rotatable bonds is 4. The van der Waals surface area contributed by atoms with Gasteiger partial charge in [-0.05, 0) is 24.7 Å². The lowest BCUT2D eigenvalue weighted by molar-refractivity contribution is 0.515. The molecule has 2 rings (SSSR count). The van der Waals surface area contributed by atoms with Crippen molar-refractivity contribution in [2.75, 3.05) is 11.9 Å². The molecule has 0 spiro atoms. The second kappa shape index (κ2) is 3.93. The minimum Gasteiger partial charge on any atom is -0.368 e. The maximum absolute atomic E-state index is 12.7. The Bertz CT molecular complexity index is 366. The van der Waals surface area contributed by atoms with E-state index in [0.29, 0.717) is 16.3 Å². The summed E-state index contributed by atoms with van der Waals surface area (Å²) in [4.78, 5) is 6.99. The normalized spacial score (nSPS) is 17.5. The van der Waals surface area contributed by atoms with Crippen LogP contribution in [0.1, 0.15) is 26.2 Å². The van der Waals surface area contributed by atoms with Gasteiger partial charge in [0.25, 0.3) is 0 Å². The summed E-state index contributed by atoms with van der Waals surface area (Å²) in [7, 11) is 0. The molecule has 1 heterocycles. The molecule has 1 aromatic heterocycles. The van der Waals surface area contributed by atoms with Gasteiger partial charge in [-0.15, -0.1) is 0 Å². The van der Waals surface area contributed by atoms with E-state index in [2.05, 4.69) is 22.2 Å². The van der Waals surface area contributed by atoms with Crippen LogP contribution < -0.4 is 5.32 Å². The van der Waals surface area contributed by atoms with Crippen molar-refractivity contribution in [3.63, 3.8) is 0 Å². The third kappa shape index (κ3) is 2.37. The lowest BCUT2D eigenvalue weighted by Crippen LogP contribution is -2.15. The maximum Gasteiger partial charge on any atom is 0.310 e. The second-order valence-corrected chi connectivity index (χ2v) is 4.45. The zero-order valence-electron chi connectivity index (χ0n) is 8.56. The fourth-order valence-electron chi connectivity index (χ4n) is 1.57. The Morgan fingerprint density at radius 1 is 1.60 bits per heavy atom. The minimum atomic E-state index is -0.747. The highest BCUT2D eigenvalue weighted by molar-refractivity contribution is 6.32. The first kappa shape index (κ1) is 10.6. The molecule has 0 bridgehead atoms. The molecule has 0 saturated heterocycles. The molecule has 1 aliphatic rings. The Morgan fingerprint density at radius 3 is 2.93 bits per heavy atom. The summed E-state index contributed by atoms with van der Waals surface area (Å²) in [5.41, 5.74) is 0.380. The third-order valence-corrected chi connectivity index (χ3v) is 3.33. The largest absolute Gasteiger partial charge is 0.368 e. The molecule has 82 valence electrons. The fraction of sp³-hybridized carbons (Fsp3) is 0.600. The van der Waals surface area contributed by atoms with Crippen LogP contribution in [0.25, 0.3) is 0 Å². The molecule has 0 radical (unpaired) electrons. The summed E-state index contributed by atoms with van der Waals surface area (Å²) in [5.74, 6) is 0.392. The Kier molecular flexibility index (Phi) is 2.78. The maximum atomic E-state index is 12.7. The van der Waals surface area contributed by atoms with E-state index >= 15 is 0 Å². The van der Waals surface area contributed by atoms with E-state index in [1.54, 1.807) is 0 Å². The average molecular weight is 230 g/mol. The summed E-state index contributed by atoms with van der Waals surface area (Å²) in [6.07, 6.45) is 4.11. The van der Waals surface area contributed by atoms with E-state index in [9.17, 15) is 4.39 Å². The number of halogens is 2. The molecule has 0 unspecified atom stereocenters. The van der Waals surface area contributed by atoms with Gasteiger partial charge in [0, 0.05) is 6.54 Å². The van der Waals surface area contributed by atoms with E-state index in [4.69, 9.17) is 11.6 Å². The van der Waals surface area contributed by atoms with Crippen molar-refractivity contribution in [2.24, 2.45) is 5.41 Å². The van der Waals surface area contributed by atoms with Gasteiger partial charge in [0.05, 0.1) is 6.20 Å². The van der Waals surface area contributed by atoms with Gasteiger partial charge in [-0.1, -0.05) is 18.5 Å². The minimum absolute atomic E-state index is 0.364. The molecule has 0 atom stereocenters. The average Bonchev–Trinajstić information content (AvgIpc) is 3.00. The van der Waals surface area contributed by atoms with E-state index in [-0.39, 0.29) is 0 Å².